The van der Waals surface area contributed by atoms with Gasteiger partial charge in [-0.3, -0.25) is 0 Å². The van der Waals surface area contributed by atoms with Crippen LogP contribution in [0.1, 0.15) is 11.1 Å². The molecule has 0 amide bonds. The summed E-state index contributed by atoms with van der Waals surface area (Å²) in [7, 11) is 0. The molecule has 0 fully saturated rings. The predicted molar refractivity (Wildman–Crippen MR) is 268 cm³/mol. The smallest absolute Gasteiger partial charge is 0.164 e. The standard InChI is InChI=1S/C61H37N5/c62-38-40-24-26-42(27-25-40)51-18-7-9-21-56(51)61-65-59(47-13-2-1-3-14-47)64-60(66-61)48-36-34-46(35-37-48)57-49(39-63)16-11-23-55(57)54-20-8-6-17-50(54)43-28-30-44(31-29-43)53-22-10-15-45-33-32-41-12-4-5-19-52(41)58(45)53/h1-37H. The van der Waals surface area contributed by atoms with Crippen LogP contribution >= 0.6 is 0 Å². The molecule has 0 atom stereocenters. The van der Waals surface area contributed by atoms with Gasteiger partial charge in [0.25, 0.3) is 0 Å². The van der Waals surface area contributed by atoms with Crippen LogP contribution in [0.5, 0.6) is 0 Å². The lowest BCUT2D eigenvalue weighted by atomic mass is 9.86. The molecular weight excluding hydrogens is 803 g/mol. The fraction of sp³-hybridized carbons (Fsp3) is 0. The van der Waals surface area contributed by atoms with Gasteiger partial charge < -0.3 is 0 Å². The Balaban J connectivity index is 0.977. The summed E-state index contributed by atoms with van der Waals surface area (Å²) in [5.74, 6) is 1.62. The number of hydrogen-bond donors (Lipinski definition) is 0. The highest BCUT2D eigenvalue weighted by atomic mass is 15.0. The molecule has 0 aliphatic rings. The molecule has 306 valence electrons. The van der Waals surface area contributed by atoms with Gasteiger partial charge in [0.2, 0.25) is 0 Å². The van der Waals surface area contributed by atoms with Crippen molar-refractivity contribution in [3.8, 4) is 102 Å². The summed E-state index contributed by atoms with van der Waals surface area (Å²) >= 11 is 0. The second-order valence-corrected chi connectivity index (χ2v) is 16.1. The largest absolute Gasteiger partial charge is 0.208 e. The van der Waals surface area contributed by atoms with E-state index in [0.29, 0.717) is 28.6 Å². The first kappa shape index (κ1) is 39.5. The SMILES string of the molecule is N#Cc1ccc(-c2ccccc2-c2nc(-c3ccccc3)nc(-c3ccc(-c4c(C#N)cccc4-c4ccccc4-c4ccc(-c5cccc6ccc7ccccc7c56)cc4)cc3)n2)cc1. The Morgan fingerprint density at radius 1 is 0.288 bits per heavy atom. The van der Waals surface area contributed by atoms with E-state index >= 15 is 0 Å². The Morgan fingerprint density at radius 3 is 1.45 bits per heavy atom. The van der Waals surface area contributed by atoms with Gasteiger partial charge in [-0.1, -0.05) is 206 Å². The molecular formula is C61H37N5. The maximum Gasteiger partial charge on any atom is 0.164 e. The first-order chi connectivity index (χ1) is 32.6. The highest BCUT2D eigenvalue weighted by molar-refractivity contribution is 6.14. The zero-order chi connectivity index (χ0) is 44.4. The van der Waals surface area contributed by atoms with Gasteiger partial charge in [0.15, 0.2) is 17.5 Å². The van der Waals surface area contributed by atoms with Gasteiger partial charge in [0.1, 0.15) is 0 Å². The maximum absolute atomic E-state index is 10.6. The second kappa shape index (κ2) is 17.1. The molecule has 0 saturated heterocycles. The molecule has 5 nitrogen and oxygen atoms in total. The fourth-order valence-electron chi connectivity index (χ4n) is 9.06. The number of benzene rings is 10. The van der Waals surface area contributed by atoms with Crippen LogP contribution in [0, 0.1) is 22.7 Å². The van der Waals surface area contributed by atoms with Gasteiger partial charge in [0, 0.05) is 22.3 Å². The Morgan fingerprint density at radius 2 is 0.758 bits per heavy atom. The van der Waals surface area contributed by atoms with Gasteiger partial charge in [-0.2, -0.15) is 10.5 Å². The van der Waals surface area contributed by atoms with Crippen LogP contribution in [0.4, 0.5) is 0 Å². The van der Waals surface area contributed by atoms with Gasteiger partial charge in [-0.05, 0) is 89.8 Å². The van der Waals surface area contributed by atoms with Crippen molar-refractivity contribution >= 4 is 21.5 Å². The monoisotopic (exact) mass is 839 g/mol. The van der Waals surface area contributed by atoms with Crippen molar-refractivity contribution in [2.75, 3.05) is 0 Å². The minimum Gasteiger partial charge on any atom is -0.208 e. The van der Waals surface area contributed by atoms with Crippen LogP contribution in [0.15, 0.2) is 224 Å². The molecule has 0 bridgehead atoms. The first-order valence-electron chi connectivity index (χ1n) is 21.8. The van der Waals surface area contributed by atoms with Crippen molar-refractivity contribution in [2.24, 2.45) is 0 Å². The highest BCUT2D eigenvalue weighted by Crippen LogP contribution is 2.42. The summed E-state index contributed by atoms with van der Waals surface area (Å²) in [5, 5.41) is 24.9. The van der Waals surface area contributed by atoms with Crippen molar-refractivity contribution in [1.82, 2.24) is 15.0 Å². The summed E-state index contributed by atoms with van der Waals surface area (Å²) in [4.78, 5) is 15.1. The number of hydrogen-bond acceptors (Lipinski definition) is 5. The third-order valence-corrected chi connectivity index (χ3v) is 12.3. The van der Waals surface area contributed by atoms with E-state index in [1.165, 1.54) is 27.1 Å². The Hall–Kier alpha value is -9.29. The lowest BCUT2D eigenvalue weighted by molar-refractivity contribution is 1.07. The number of rotatable bonds is 8. The summed E-state index contributed by atoms with van der Waals surface area (Å²) in [6.45, 7) is 0. The molecule has 0 spiro atoms. The van der Waals surface area contributed by atoms with E-state index in [-0.39, 0.29) is 0 Å². The van der Waals surface area contributed by atoms with E-state index in [0.717, 1.165) is 66.8 Å². The Bertz CT molecular complexity index is 3690. The number of nitriles is 2. The Kier molecular flexibility index (Phi) is 10.3. The molecule has 11 rings (SSSR count). The van der Waals surface area contributed by atoms with E-state index in [4.69, 9.17) is 15.0 Å². The fourth-order valence-corrected chi connectivity index (χ4v) is 9.06. The van der Waals surface area contributed by atoms with Gasteiger partial charge in [-0.15, -0.1) is 0 Å². The average Bonchev–Trinajstić information content (AvgIpc) is 3.40. The summed E-state index contributed by atoms with van der Waals surface area (Å²) in [6, 6.07) is 81.1. The predicted octanol–water partition coefficient (Wildman–Crippen LogP) is 15.3. The lowest BCUT2D eigenvalue weighted by Crippen LogP contribution is -2.01. The molecule has 0 unspecified atom stereocenters. The number of fused-ring (bicyclic) bond motifs is 3. The summed E-state index contributed by atoms with van der Waals surface area (Å²) in [5.41, 5.74) is 13.9. The molecule has 66 heavy (non-hydrogen) atoms. The van der Waals surface area contributed by atoms with Crippen molar-refractivity contribution in [1.29, 1.82) is 10.5 Å². The van der Waals surface area contributed by atoms with Crippen molar-refractivity contribution < 1.29 is 0 Å². The van der Waals surface area contributed by atoms with Gasteiger partial charge >= 0.3 is 0 Å². The van der Waals surface area contributed by atoms with E-state index in [1.54, 1.807) is 0 Å². The van der Waals surface area contributed by atoms with E-state index < -0.39 is 0 Å². The number of aromatic nitrogens is 3. The summed E-state index contributed by atoms with van der Waals surface area (Å²) < 4.78 is 0. The van der Waals surface area contributed by atoms with Crippen LogP contribution in [-0.4, -0.2) is 15.0 Å². The van der Waals surface area contributed by atoms with E-state index in [9.17, 15) is 10.5 Å². The van der Waals surface area contributed by atoms with Crippen LogP contribution in [0.3, 0.4) is 0 Å². The second-order valence-electron chi connectivity index (χ2n) is 16.1. The van der Waals surface area contributed by atoms with Crippen molar-refractivity contribution in [3.05, 3.63) is 236 Å². The third-order valence-electron chi connectivity index (χ3n) is 12.3. The minimum absolute atomic E-state index is 0.527. The maximum atomic E-state index is 10.6. The average molecular weight is 840 g/mol. The van der Waals surface area contributed by atoms with Gasteiger partial charge in [-0.25, -0.2) is 15.0 Å². The quantitative estimate of drug-likeness (QED) is 0.142. The van der Waals surface area contributed by atoms with Crippen LogP contribution in [0.25, 0.3) is 111 Å². The van der Waals surface area contributed by atoms with Crippen molar-refractivity contribution in [3.63, 3.8) is 0 Å². The van der Waals surface area contributed by atoms with E-state index in [2.05, 4.69) is 133 Å². The molecule has 5 heteroatoms. The molecule has 10 aromatic carbocycles. The van der Waals surface area contributed by atoms with Crippen LogP contribution < -0.4 is 0 Å². The first-order valence-corrected chi connectivity index (χ1v) is 21.8. The van der Waals surface area contributed by atoms with Gasteiger partial charge in [0.05, 0.1) is 23.3 Å². The zero-order valence-corrected chi connectivity index (χ0v) is 35.6. The normalized spacial score (nSPS) is 11.0. The topological polar surface area (TPSA) is 86.2 Å². The minimum atomic E-state index is 0.527. The Labute approximate surface area is 382 Å². The molecule has 0 aliphatic carbocycles. The molecule has 0 saturated carbocycles. The van der Waals surface area contributed by atoms with Crippen LogP contribution in [0.2, 0.25) is 0 Å². The van der Waals surface area contributed by atoms with Crippen LogP contribution in [-0.2, 0) is 0 Å². The highest BCUT2D eigenvalue weighted by Gasteiger charge is 2.19. The molecule has 0 aliphatic heterocycles. The van der Waals surface area contributed by atoms with Crippen molar-refractivity contribution in [2.45, 2.75) is 0 Å². The van der Waals surface area contributed by atoms with E-state index in [1.807, 2.05) is 103 Å². The zero-order valence-electron chi connectivity index (χ0n) is 35.6. The third kappa shape index (κ3) is 7.33. The lowest BCUT2D eigenvalue weighted by Gasteiger charge is -2.17. The molecule has 0 radical (unpaired) electrons. The number of nitrogens with zero attached hydrogens (tertiary/aromatic N) is 5. The summed E-state index contributed by atoms with van der Waals surface area (Å²) in [6.07, 6.45) is 0. The molecule has 0 N–H and O–H groups in total. The molecule has 1 aromatic heterocycles. The molecule has 1 heterocycles. The molecule has 11 aromatic rings.